The number of nitrogens with zero attached hydrogens (tertiary/aromatic N) is 3. The molecule has 0 aliphatic heterocycles. The molecule has 5 N–H and O–H groups in total. The summed E-state index contributed by atoms with van der Waals surface area (Å²) in [6.07, 6.45) is 0.518. The van der Waals surface area contributed by atoms with E-state index in [4.69, 9.17) is 10.8 Å². The molecule has 0 fully saturated rings. The Morgan fingerprint density at radius 2 is 2.05 bits per heavy atom. The van der Waals surface area contributed by atoms with Crippen molar-refractivity contribution >= 4 is 23.1 Å². The molecule has 0 amide bonds. The molecule has 0 atom stereocenters. The number of aliphatic hydroxyl groups excluding tert-OH is 1. The number of nitrogens with two attached hydrogens (primary N) is 1. The lowest BCUT2D eigenvalue weighted by molar-refractivity contribution is 0.292. The van der Waals surface area contributed by atoms with Gasteiger partial charge in [0.2, 0.25) is 5.95 Å². The number of aromatic nitrogens is 2. The Morgan fingerprint density at radius 1 is 1.29 bits per heavy atom. The van der Waals surface area contributed by atoms with Crippen LogP contribution in [0.5, 0.6) is 0 Å². The van der Waals surface area contributed by atoms with Gasteiger partial charge in [0, 0.05) is 13.2 Å². The molecule has 1 aromatic heterocycles. The zero-order valence-electron chi connectivity index (χ0n) is 11.3. The first-order chi connectivity index (χ1) is 10.2. The summed E-state index contributed by atoms with van der Waals surface area (Å²) in [6.45, 7) is 0.479. The number of hydrogen-bond acceptors (Lipinski definition) is 7. The molecule has 8 nitrogen and oxygen atoms in total. The number of rotatable bonds is 6. The van der Waals surface area contributed by atoms with Crippen molar-refractivity contribution in [1.82, 2.24) is 9.97 Å². The lowest BCUT2D eigenvalue weighted by Gasteiger charge is -2.06. The van der Waals surface area contributed by atoms with Crippen molar-refractivity contribution in [3.8, 4) is 0 Å². The smallest absolute Gasteiger partial charge is 0.282 e. The molecular weight excluding hydrogens is 272 g/mol. The van der Waals surface area contributed by atoms with Crippen molar-refractivity contribution in [1.29, 1.82) is 0 Å². The van der Waals surface area contributed by atoms with E-state index in [0.717, 1.165) is 0 Å². The van der Waals surface area contributed by atoms with Gasteiger partial charge in [-0.15, -0.1) is 5.11 Å². The van der Waals surface area contributed by atoms with E-state index < -0.39 is 5.56 Å². The molecule has 0 spiro atoms. The highest BCUT2D eigenvalue weighted by molar-refractivity contribution is 5.60. The van der Waals surface area contributed by atoms with Crippen LogP contribution in [0, 0.1) is 0 Å². The maximum absolute atomic E-state index is 11.9. The molecule has 0 bridgehead atoms. The van der Waals surface area contributed by atoms with Crippen LogP contribution in [0.25, 0.3) is 0 Å². The van der Waals surface area contributed by atoms with Crippen molar-refractivity contribution in [2.75, 3.05) is 24.2 Å². The predicted molar refractivity (Wildman–Crippen MR) is 80.1 cm³/mol. The maximum atomic E-state index is 11.9. The monoisotopic (exact) mass is 288 g/mol. The third-order valence-corrected chi connectivity index (χ3v) is 2.56. The van der Waals surface area contributed by atoms with Gasteiger partial charge in [-0.25, -0.2) is 0 Å². The van der Waals surface area contributed by atoms with Gasteiger partial charge in [0.05, 0.1) is 5.69 Å². The van der Waals surface area contributed by atoms with Crippen LogP contribution in [0.4, 0.5) is 23.1 Å². The average Bonchev–Trinajstić information content (AvgIpc) is 2.47. The molecule has 1 heterocycles. The van der Waals surface area contributed by atoms with E-state index in [0.29, 0.717) is 18.7 Å². The van der Waals surface area contributed by atoms with Crippen LogP contribution in [0.1, 0.15) is 6.42 Å². The Balaban J connectivity index is 2.28. The molecule has 0 saturated carbocycles. The van der Waals surface area contributed by atoms with Gasteiger partial charge in [0.15, 0.2) is 11.5 Å². The summed E-state index contributed by atoms with van der Waals surface area (Å²) in [7, 11) is 0. The lowest BCUT2D eigenvalue weighted by Crippen LogP contribution is -2.15. The van der Waals surface area contributed by atoms with E-state index in [1.165, 1.54) is 0 Å². The van der Waals surface area contributed by atoms with Crippen LogP contribution >= 0.6 is 0 Å². The second kappa shape index (κ2) is 7.15. The Morgan fingerprint density at radius 3 is 2.76 bits per heavy atom. The summed E-state index contributed by atoms with van der Waals surface area (Å²) in [6, 6.07) is 9.03. The topological polar surface area (TPSA) is 129 Å². The standard InChI is InChI=1S/C13H16N6O2/c14-13-16-11(15-7-4-8-20)10(12(21)17-13)19-18-9-5-2-1-3-6-9/h1-3,5-6,20H,4,7-8H2,(H4,14,15,16,17,21). The molecule has 0 saturated heterocycles. The minimum Gasteiger partial charge on any atom is -0.396 e. The zero-order chi connectivity index (χ0) is 15.1. The molecule has 0 radical (unpaired) electrons. The summed E-state index contributed by atoms with van der Waals surface area (Å²) in [5.74, 6) is 0.231. The van der Waals surface area contributed by atoms with Crippen molar-refractivity contribution in [3.63, 3.8) is 0 Å². The molecule has 110 valence electrons. The van der Waals surface area contributed by atoms with Crippen molar-refractivity contribution in [3.05, 3.63) is 40.7 Å². The fourth-order valence-electron chi connectivity index (χ4n) is 1.59. The maximum Gasteiger partial charge on any atom is 0.282 e. The number of benzene rings is 1. The third-order valence-electron chi connectivity index (χ3n) is 2.56. The normalized spacial score (nSPS) is 10.9. The number of nitrogens with one attached hydrogen (secondary N) is 2. The third kappa shape index (κ3) is 4.11. The zero-order valence-corrected chi connectivity index (χ0v) is 11.3. The van der Waals surface area contributed by atoms with Gasteiger partial charge < -0.3 is 16.2 Å². The van der Waals surface area contributed by atoms with Gasteiger partial charge in [-0.05, 0) is 18.6 Å². The average molecular weight is 288 g/mol. The fourth-order valence-corrected chi connectivity index (χ4v) is 1.59. The summed E-state index contributed by atoms with van der Waals surface area (Å²) in [4.78, 5) is 18.3. The number of aliphatic hydroxyl groups is 1. The fraction of sp³-hybridized carbons (Fsp3) is 0.231. The van der Waals surface area contributed by atoms with Crippen LogP contribution < -0.4 is 16.6 Å². The second-order valence-electron chi connectivity index (χ2n) is 4.19. The number of nitrogen functional groups attached to an aromatic ring is 1. The van der Waals surface area contributed by atoms with Gasteiger partial charge in [-0.2, -0.15) is 10.1 Å². The number of azo groups is 1. The van der Waals surface area contributed by atoms with Gasteiger partial charge in [0.1, 0.15) is 0 Å². The number of anilines is 2. The summed E-state index contributed by atoms with van der Waals surface area (Å²) >= 11 is 0. The predicted octanol–water partition coefficient (Wildman–Crippen LogP) is 1.56. The second-order valence-corrected chi connectivity index (χ2v) is 4.19. The minimum absolute atomic E-state index is 0.00911. The van der Waals surface area contributed by atoms with Crippen LogP contribution in [0.15, 0.2) is 45.4 Å². The van der Waals surface area contributed by atoms with Crippen LogP contribution in [-0.4, -0.2) is 28.2 Å². The van der Waals surface area contributed by atoms with E-state index in [2.05, 4.69) is 25.5 Å². The molecule has 1 aromatic carbocycles. The first-order valence-electron chi connectivity index (χ1n) is 6.42. The molecule has 0 aliphatic carbocycles. The number of aromatic amines is 1. The molecule has 0 aliphatic rings. The van der Waals surface area contributed by atoms with E-state index >= 15 is 0 Å². The summed E-state index contributed by atoms with van der Waals surface area (Å²) < 4.78 is 0. The highest BCUT2D eigenvalue weighted by Gasteiger charge is 2.09. The first kappa shape index (κ1) is 14.7. The molecule has 0 unspecified atom stereocenters. The Labute approximate surface area is 120 Å². The molecule has 21 heavy (non-hydrogen) atoms. The van der Waals surface area contributed by atoms with Crippen molar-refractivity contribution in [2.45, 2.75) is 6.42 Å². The summed E-state index contributed by atoms with van der Waals surface area (Å²) in [5.41, 5.74) is 5.70. The van der Waals surface area contributed by atoms with E-state index in [1.54, 1.807) is 12.1 Å². The van der Waals surface area contributed by atoms with Gasteiger partial charge >= 0.3 is 0 Å². The van der Waals surface area contributed by atoms with Crippen molar-refractivity contribution < 1.29 is 5.11 Å². The Bertz CT molecular complexity index is 668. The first-order valence-corrected chi connectivity index (χ1v) is 6.42. The Hall–Kier alpha value is -2.74. The van der Waals surface area contributed by atoms with Crippen molar-refractivity contribution in [2.24, 2.45) is 10.2 Å². The Kier molecular flexibility index (Phi) is 4.99. The van der Waals surface area contributed by atoms with E-state index in [9.17, 15) is 4.79 Å². The number of hydrogen-bond donors (Lipinski definition) is 4. The quantitative estimate of drug-likeness (QED) is 0.473. The van der Waals surface area contributed by atoms with Crippen LogP contribution in [-0.2, 0) is 0 Å². The van der Waals surface area contributed by atoms with Crippen LogP contribution in [0.3, 0.4) is 0 Å². The molecular formula is C13H16N6O2. The minimum atomic E-state index is -0.478. The summed E-state index contributed by atoms with van der Waals surface area (Å²) in [5, 5.41) is 19.6. The highest BCUT2D eigenvalue weighted by atomic mass is 16.3. The lowest BCUT2D eigenvalue weighted by atomic mass is 10.3. The largest absolute Gasteiger partial charge is 0.396 e. The SMILES string of the molecule is Nc1nc(NCCCO)c(N=Nc2ccccc2)c(=O)[nH]1. The van der Waals surface area contributed by atoms with E-state index in [-0.39, 0.29) is 24.1 Å². The molecule has 2 rings (SSSR count). The molecule has 8 heteroatoms. The van der Waals surface area contributed by atoms with E-state index in [1.807, 2.05) is 18.2 Å². The molecule has 2 aromatic rings. The van der Waals surface area contributed by atoms with Gasteiger partial charge in [0.25, 0.3) is 5.56 Å². The number of H-pyrrole nitrogens is 1. The van der Waals surface area contributed by atoms with Crippen LogP contribution in [0.2, 0.25) is 0 Å². The van der Waals surface area contributed by atoms with Gasteiger partial charge in [-0.1, -0.05) is 18.2 Å². The highest BCUT2D eigenvalue weighted by Crippen LogP contribution is 2.21. The van der Waals surface area contributed by atoms with Gasteiger partial charge in [-0.3, -0.25) is 9.78 Å².